The van der Waals surface area contributed by atoms with Crippen molar-refractivity contribution < 1.29 is 23.4 Å². The Balaban J connectivity index is 2.04. The van der Waals surface area contributed by atoms with Crippen molar-refractivity contribution in [3.63, 3.8) is 0 Å². The molecule has 2 aliphatic rings. The predicted molar refractivity (Wildman–Crippen MR) is 86.3 cm³/mol. The molecule has 2 aliphatic heterocycles. The molecule has 5 nitrogen and oxygen atoms in total. The summed E-state index contributed by atoms with van der Waals surface area (Å²) in [5.41, 5.74) is 0. The number of aldehydes is 1. The third-order valence-electron chi connectivity index (χ3n) is 4.99. The van der Waals surface area contributed by atoms with Crippen molar-refractivity contribution in [3.8, 4) is 0 Å². The highest BCUT2D eigenvalue weighted by Gasteiger charge is 2.55. The van der Waals surface area contributed by atoms with Crippen LogP contribution in [0.2, 0.25) is 18.1 Å². The summed E-state index contributed by atoms with van der Waals surface area (Å²) in [7, 11) is -1.84. The van der Waals surface area contributed by atoms with E-state index >= 15 is 0 Å². The fourth-order valence-corrected chi connectivity index (χ4v) is 3.71. The number of hydrogen-bond donors (Lipinski definition) is 0. The summed E-state index contributed by atoms with van der Waals surface area (Å²) >= 11 is 0. The van der Waals surface area contributed by atoms with Gasteiger partial charge in [0.1, 0.15) is 24.6 Å². The maximum atomic E-state index is 10.9. The van der Waals surface area contributed by atoms with Gasteiger partial charge in [0.2, 0.25) is 0 Å². The van der Waals surface area contributed by atoms with Gasteiger partial charge in [-0.1, -0.05) is 20.8 Å². The van der Waals surface area contributed by atoms with Gasteiger partial charge >= 0.3 is 0 Å². The fraction of sp³-hybridized carbons (Fsp3) is 0.938. The minimum absolute atomic E-state index is 0.152. The van der Waals surface area contributed by atoms with Crippen LogP contribution in [0.3, 0.4) is 0 Å². The lowest BCUT2D eigenvalue weighted by atomic mass is 10.1. The van der Waals surface area contributed by atoms with Gasteiger partial charge in [0.05, 0.1) is 12.7 Å². The monoisotopic (exact) mass is 330 g/mol. The summed E-state index contributed by atoms with van der Waals surface area (Å²) in [5.74, 6) is -0.629. The first-order valence-electron chi connectivity index (χ1n) is 8.05. The van der Waals surface area contributed by atoms with Crippen molar-refractivity contribution in [2.45, 2.75) is 89.4 Å². The molecule has 0 aliphatic carbocycles. The summed E-state index contributed by atoms with van der Waals surface area (Å²) in [6.45, 7) is 15.4. The summed E-state index contributed by atoms with van der Waals surface area (Å²) in [4.78, 5) is 10.9. The van der Waals surface area contributed by atoms with Crippen LogP contribution in [0.5, 0.6) is 0 Å². The molecule has 0 aromatic rings. The first-order valence-corrected chi connectivity index (χ1v) is 11.0. The Morgan fingerprint density at radius 1 is 1.14 bits per heavy atom. The molecule has 2 rings (SSSR count). The predicted octanol–water partition coefficient (Wildman–Crippen LogP) is 2.88. The van der Waals surface area contributed by atoms with E-state index in [9.17, 15) is 4.79 Å². The molecule has 0 aromatic carbocycles. The summed E-state index contributed by atoms with van der Waals surface area (Å²) in [6, 6.07) is 0. The second-order valence-corrected chi connectivity index (χ2v) is 13.1. The lowest BCUT2D eigenvalue weighted by molar-refractivity contribution is -0.190. The number of carbonyl (C=O) groups excluding carboxylic acids is 1. The molecule has 2 fully saturated rings. The third kappa shape index (κ3) is 3.62. The van der Waals surface area contributed by atoms with Gasteiger partial charge in [-0.15, -0.1) is 0 Å². The summed E-state index contributed by atoms with van der Waals surface area (Å²) < 4.78 is 24.2. The third-order valence-corrected chi connectivity index (χ3v) is 9.49. The molecular weight excluding hydrogens is 300 g/mol. The topological polar surface area (TPSA) is 54.0 Å². The molecule has 0 saturated carbocycles. The molecule has 2 saturated heterocycles. The van der Waals surface area contributed by atoms with Crippen LogP contribution in [0.4, 0.5) is 0 Å². The standard InChI is InChI=1S/C16H30O5Si/c1-15(2,3)22(6,7)18-10-12-14-13(11(19-12)8-9-17)20-16(4,5)21-14/h9,11-14H,8,10H2,1-7H3/t11-,12+,13-,14+/m0/s1. The first-order chi connectivity index (χ1) is 9.97. The quantitative estimate of drug-likeness (QED) is 0.573. The molecule has 0 N–H and O–H groups in total. The van der Waals surface area contributed by atoms with Crippen molar-refractivity contribution >= 4 is 14.6 Å². The molecule has 6 heteroatoms. The van der Waals surface area contributed by atoms with Crippen LogP contribution in [-0.4, -0.2) is 51.4 Å². The van der Waals surface area contributed by atoms with Crippen molar-refractivity contribution in [2.75, 3.05) is 6.61 Å². The van der Waals surface area contributed by atoms with Crippen LogP contribution < -0.4 is 0 Å². The smallest absolute Gasteiger partial charge is 0.192 e. The SMILES string of the molecule is CC1(C)O[C@@H]2[C@H](O1)[C@@H](CO[Si](C)(C)C(C)(C)C)O[C@H]2CC=O. The highest BCUT2D eigenvalue weighted by molar-refractivity contribution is 6.74. The Morgan fingerprint density at radius 2 is 1.68 bits per heavy atom. The van der Waals surface area contributed by atoms with E-state index in [2.05, 4.69) is 33.9 Å². The highest BCUT2D eigenvalue weighted by atomic mass is 28.4. The molecule has 2 heterocycles. The van der Waals surface area contributed by atoms with Gasteiger partial charge in [-0.05, 0) is 32.0 Å². The van der Waals surface area contributed by atoms with Gasteiger partial charge in [-0.3, -0.25) is 0 Å². The van der Waals surface area contributed by atoms with Crippen molar-refractivity contribution in [1.29, 1.82) is 0 Å². The fourth-order valence-electron chi connectivity index (χ4n) is 2.70. The molecule has 22 heavy (non-hydrogen) atoms. The number of fused-ring (bicyclic) bond motifs is 1. The lowest BCUT2D eigenvalue weighted by Gasteiger charge is -2.37. The van der Waals surface area contributed by atoms with E-state index in [1.807, 2.05) is 13.8 Å². The molecule has 0 bridgehead atoms. The molecule has 4 atom stereocenters. The molecule has 128 valence electrons. The van der Waals surface area contributed by atoms with E-state index in [1.165, 1.54) is 0 Å². The lowest BCUT2D eigenvalue weighted by Crippen LogP contribution is -2.44. The molecule has 0 amide bonds. The average Bonchev–Trinajstić information content (AvgIpc) is 2.81. The summed E-state index contributed by atoms with van der Waals surface area (Å²) in [5, 5.41) is 0.152. The maximum Gasteiger partial charge on any atom is 0.192 e. The number of rotatable bonds is 5. The molecule has 0 radical (unpaired) electrons. The van der Waals surface area contributed by atoms with E-state index in [0.29, 0.717) is 13.0 Å². The molecule has 0 unspecified atom stereocenters. The Hall–Kier alpha value is -0.273. The normalized spacial score (nSPS) is 34.7. The van der Waals surface area contributed by atoms with E-state index < -0.39 is 14.1 Å². The number of carbonyl (C=O) groups is 1. The van der Waals surface area contributed by atoms with Gasteiger partial charge in [0, 0.05) is 6.42 Å². The Morgan fingerprint density at radius 3 is 2.18 bits per heavy atom. The van der Waals surface area contributed by atoms with Crippen LogP contribution in [-0.2, 0) is 23.4 Å². The van der Waals surface area contributed by atoms with Crippen LogP contribution in [0.25, 0.3) is 0 Å². The first kappa shape index (κ1) is 18.1. The van der Waals surface area contributed by atoms with Gasteiger partial charge in [0.15, 0.2) is 14.1 Å². The van der Waals surface area contributed by atoms with Crippen LogP contribution in [0.15, 0.2) is 0 Å². The zero-order valence-corrected chi connectivity index (χ0v) is 15.8. The maximum absolute atomic E-state index is 10.9. The number of hydrogen-bond acceptors (Lipinski definition) is 5. The Kier molecular flexibility index (Phi) is 4.91. The second kappa shape index (κ2) is 5.98. The number of ether oxygens (including phenoxy) is 3. The molecule has 0 spiro atoms. The van der Waals surface area contributed by atoms with Gasteiger partial charge < -0.3 is 23.4 Å². The van der Waals surface area contributed by atoms with Gasteiger partial charge in [0.25, 0.3) is 0 Å². The van der Waals surface area contributed by atoms with E-state index in [1.54, 1.807) is 0 Å². The van der Waals surface area contributed by atoms with Crippen LogP contribution >= 0.6 is 0 Å². The minimum atomic E-state index is -1.84. The van der Waals surface area contributed by atoms with Crippen LogP contribution in [0.1, 0.15) is 41.0 Å². The Labute approximate surface area is 134 Å². The summed E-state index contributed by atoms with van der Waals surface area (Å²) in [6.07, 6.45) is 0.450. The minimum Gasteiger partial charge on any atom is -0.414 e. The zero-order valence-electron chi connectivity index (χ0n) is 14.8. The molecular formula is C16H30O5Si. The second-order valence-electron chi connectivity index (χ2n) is 8.25. The van der Waals surface area contributed by atoms with E-state index in [-0.39, 0.29) is 29.5 Å². The van der Waals surface area contributed by atoms with E-state index in [0.717, 1.165) is 6.29 Å². The van der Waals surface area contributed by atoms with Crippen LogP contribution in [0, 0.1) is 0 Å². The van der Waals surface area contributed by atoms with Crippen molar-refractivity contribution in [2.24, 2.45) is 0 Å². The van der Waals surface area contributed by atoms with E-state index in [4.69, 9.17) is 18.6 Å². The highest BCUT2D eigenvalue weighted by Crippen LogP contribution is 2.41. The Bertz CT molecular complexity index is 415. The zero-order chi connectivity index (χ0) is 16.8. The van der Waals surface area contributed by atoms with Crippen molar-refractivity contribution in [1.82, 2.24) is 0 Å². The average molecular weight is 330 g/mol. The largest absolute Gasteiger partial charge is 0.414 e. The van der Waals surface area contributed by atoms with Crippen molar-refractivity contribution in [3.05, 3.63) is 0 Å². The molecule has 0 aromatic heterocycles. The van der Waals surface area contributed by atoms with Gasteiger partial charge in [-0.2, -0.15) is 0 Å². The van der Waals surface area contributed by atoms with Gasteiger partial charge in [-0.25, -0.2) is 0 Å².